The Hall–Kier alpha value is -3.74. The second-order valence-corrected chi connectivity index (χ2v) is 5.79. The van der Waals surface area contributed by atoms with Crippen molar-refractivity contribution < 1.29 is 14.1 Å². The van der Waals surface area contributed by atoms with Gasteiger partial charge >= 0.3 is 0 Å². The Kier molecular flexibility index (Phi) is 5.41. The first-order valence-corrected chi connectivity index (χ1v) is 8.15. The molecule has 0 fully saturated rings. The van der Waals surface area contributed by atoms with Crippen LogP contribution in [0.3, 0.4) is 0 Å². The minimum absolute atomic E-state index is 0.0780. The molecule has 0 aliphatic heterocycles. The van der Waals surface area contributed by atoms with Gasteiger partial charge in [-0.25, -0.2) is 4.39 Å². The second kappa shape index (κ2) is 8.09. The van der Waals surface area contributed by atoms with E-state index in [9.17, 15) is 19.3 Å². The Labute approximate surface area is 154 Å². The zero-order valence-corrected chi connectivity index (χ0v) is 14.1. The van der Waals surface area contributed by atoms with Crippen molar-refractivity contribution in [1.82, 2.24) is 0 Å². The molecular formula is C20H16FN3O3. The van der Waals surface area contributed by atoms with Crippen molar-refractivity contribution in [2.45, 2.75) is 6.04 Å². The molecule has 0 heterocycles. The Morgan fingerprint density at radius 3 is 2.30 bits per heavy atom. The van der Waals surface area contributed by atoms with Crippen LogP contribution in [0.25, 0.3) is 0 Å². The van der Waals surface area contributed by atoms with Crippen molar-refractivity contribution in [3.05, 3.63) is 100 Å². The van der Waals surface area contributed by atoms with Crippen LogP contribution < -0.4 is 10.6 Å². The van der Waals surface area contributed by atoms with Crippen molar-refractivity contribution >= 4 is 23.0 Å². The average Bonchev–Trinajstić information content (AvgIpc) is 2.68. The first-order chi connectivity index (χ1) is 13.0. The molecule has 0 bridgehead atoms. The largest absolute Gasteiger partial charge is 0.370 e. The average molecular weight is 365 g/mol. The number of anilines is 2. The van der Waals surface area contributed by atoms with Gasteiger partial charge in [-0.15, -0.1) is 0 Å². The number of non-ortho nitro benzene ring substituents is 1. The highest BCUT2D eigenvalue weighted by Crippen LogP contribution is 2.24. The van der Waals surface area contributed by atoms with E-state index >= 15 is 0 Å². The lowest BCUT2D eigenvalue weighted by Crippen LogP contribution is -2.27. The molecule has 0 aliphatic carbocycles. The fourth-order valence-electron chi connectivity index (χ4n) is 2.57. The molecule has 1 amide bonds. The highest BCUT2D eigenvalue weighted by Gasteiger charge is 2.21. The SMILES string of the molecule is O=C(Nc1ccc(F)cc1)[C@@H](Nc1cccc([N+](=O)[O-])c1)c1ccccc1. The summed E-state index contributed by atoms with van der Waals surface area (Å²) in [7, 11) is 0. The second-order valence-electron chi connectivity index (χ2n) is 5.79. The van der Waals surface area contributed by atoms with E-state index in [1.54, 1.807) is 36.4 Å². The van der Waals surface area contributed by atoms with Crippen LogP contribution in [0.4, 0.5) is 21.5 Å². The molecule has 7 heteroatoms. The van der Waals surface area contributed by atoms with Crippen molar-refractivity contribution in [3.63, 3.8) is 0 Å². The molecule has 27 heavy (non-hydrogen) atoms. The number of benzene rings is 3. The summed E-state index contributed by atoms with van der Waals surface area (Å²) in [5.41, 5.74) is 1.49. The van der Waals surface area contributed by atoms with E-state index in [0.717, 1.165) is 0 Å². The molecule has 0 saturated carbocycles. The summed E-state index contributed by atoms with van der Waals surface area (Å²) in [6.07, 6.45) is 0. The van der Waals surface area contributed by atoms with Gasteiger partial charge < -0.3 is 10.6 Å². The van der Waals surface area contributed by atoms with Gasteiger partial charge in [-0.1, -0.05) is 36.4 Å². The number of nitro benzene ring substituents is 1. The maximum absolute atomic E-state index is 13.1. The van der Waals surface area contributed by atoms with Crippen LogP contribution in [0.5, 0.6) is 0 Å². The number of nitrogens with zero attached hydrogens (tertiary/aromatic N) is 1. The van der Waals surface area contributed by atoms with Crippen molar-refractivity contribution in [1.29, 1.82) is 0 Å². The van der Waals surface area contributed by atoms with Gasteiger partial charge in [-0.05, 0) is 35.9 Å². The first kappa shape index (κ1) is 18.1. The molecule has 6 nitrogen and oxygen atoms in total. The maximum Gasteiger partial charge on any atom is 0.271 e. The number of carbonyl (C=O) groups excluding carboxylic acids is 1. The normalized spacial score (nSPS) is 11.4. The molecule has 0 radical (unpaired) electrons. The van der Waals surface area contributed by atoms with Crippen molar-refractivity contribution in [3.8, 4) is 0 Å². The van der Waals surface area contributed by atoms with E-state index in [1.807, 2.05) is 6.07 Å². The number of halogens is 1. The van der Waals surface area contributed by atoms with Crippen LogP contribution in [0.15, 0.2) is 78.9 Å². The summed E-state index contributed by atoms with van der Waals surface area (Å²) in [4.78, 5) is 23.3. The van der Waals surface area contributed by atoms with Gasteiger partial charge in [0.25, 0.3) is 11.6 Å². The smallest absolute Gasteiger partial charge is 0.271 e. The monoisotopic (exact) mass is 365 g/mol. The number of nitro groups is 1. The third kappa shape index (κ3) is 4.66. The van der Waals surface area contributed by atoms with Crippen molar-refractivity contribution in [2.75, 3.05) is 10.6 Å². The van der Waals surface area contributed by atoms with Crippen molar-refractivity contribution in [2.24, 2.45) is 0 Å². The molecule has 0 spiro atoms. The number of amides is 1. The van der Waals surface area contributed by atoms with Crippen LogP contribution in [-0.2, 0) is 4.79 Å². The van der Waals surface area contributed by atoms with Crippen LogP contribution >= 0.6 is 0 Å². The van der Waals surface area contributed by atoms with Gasteiger partial charge in [0, 0.05) is 23.5 Å². The minimum atomic E-state index is -0.793. The fourth-order valence-corrected chi connectivity index (χ4v) is 2.57. The molecule has 3 rings (SSSR count). The van der Waals surface area contributed by atoms with Gasteiger partial charge in [0.05, 0.1) is 4.92 Å². The van der Waals surface area contributed by atoms with Gasteiger partial charge in [-0.3, -0.25) is 14.9 Å². The standard InChI is InChI=1S/C20H16FN3O3/c21-15-9-11-16(12-10-15)23-20(25)19(14-5-2-1-3-6-14)22-17-7-4-8-18(13-17)24(26)27/h1-13,19,22H,(H,23,25)/t19-/m0/s1. The van der Waals surface area contributed by atoms with Crippen LogP contribution in [0.2, 0.25) is 0 Å². The van der Waals surface area contributed by atoms with Gasteiger partial charge in [0.15, 0.2) is 0 Å². The highest BCUT2D eigenvalue weighted by molar-refractivity contribution is 5.97. The Morgan fingerprint density at radius 2 is 1.63 bits per heavy atom. The molecule has 3 aromatic rings. The van der Waals surface area contributed by atoms with Gasteiger partial charge in [-0.2, -0.15) is 0 Å². The summed E-state index contributed by atoms with van der Waals surface area (Å²) in [6.45, 7) is 0. The summed E-state index contributed by atoms with van der Waals surface area (Å²) in [5.74, 6) is -0.776. The third-order valence-electron chi connectivity index (χ3n) is 3.87. The lowest BCUT2D eigenvalue weighted by molar-refractivity contribution is -0.384. The summed E-state index contributed by atoms with van der Waals surface area (Å²) in [5, 5.41) is 16.7. The molecular weight excluding hydrogens is 349 g/mol. The number of nitrogens with one attached hydrogen (secondary N) is 2. The van der Waals surface area contributed by atoms with E-state index in [-0.39, 0.29) is 11.6 Å². The molecule has 0 aromatic heterocycles. The molecule has 136 valence electrons. The predicted octanol–water partition coefficient (Wildman–Crippen LogP) is 4.53. The van der Waals surface area contributed by atoms with E-state index in [4.69, 9.17) is 0 Å². The van der Waals surface area contributed by atoms with Crippen LogP contribution in [-0.4, -0.2) is 10.8 Å². The van der Waals surface area contributed by atoms with Crippen LogP contribution in [0.1, 0.15) is 11.6 Å². The Bertz CT molecular complexity index is 946. The predicted molar refractivity (Wildman–Crippen MR) is 101 cm³/mol. The Balaban J connectivity index is 1.87. The topological polar surface area (TPSA) is 84.3 Å². The summed E-state index contributed by atoms with van der Waals surface area (Å²) >= 11 is 0. The van der Waals surface area contributed by atoms with Gasteiger partial charge in [0.1, 0.15) is 11.9 Å². The molecule has 1 atom stereocenters. The fraction of sp³-hybridized carbons (Fsp3) is 0.0500. The number of carbonyl (C=O) groups is 1. The van der Waals surface area contributed by atoms with E-state index in [1.165, 1.54) is 36.4 Å². The maximum atomic E-state index is 13.1. The number of rotatable bonds is 6. The number of hydrogen-bond acceptors (Lipinski definition) is 4. The summed E-state index contributed by atoms with van der Waals surface area (Å²) < 4.78 is 13.1. The summed E-state index contributed by atoms with van der Waals surface area (Å²) in [6, 6.07) is 19.5. The van der Waals surface area contributed by atoms with E-state index in [2.05, 4.69) is 10.6 Å². The number of hydrogen-bond donors (Lipinski definition) is 2. The molecule has 3 aromatic carbocycles. The zero-order chi connectivity index (χ0) is 19.2. The quantitative estimate of drug-likeness (QED) is 0.497. The first-order valence-electron chi connectivity index (χ1n) is 8.15. The van der Waals surface area contributed by atoms with Gasteiger partial charge in [0.2, 0.25) is 0 Å². The zero-order valence-electron chi connectivity index (χ0n) is 14.1. The lowest BCUT2D eigenvalue weighted by atomic mass is 10.1. The highest BCUT2D eigenvalue weighted by atomic mass is 19.1. The minimum Gasteiger partial charge on any atom is -0.370 e. The van der Waals surface area contributed by atoms with Crippen LogP contribution in [0, 0.1) is 15.9 Å². The van der Waals surface area contributed by atoms with E-state index in [0.29, 0.717) is 16.9 Å². The Morgan fingerprint density at radius 1 is 0.926 bits per heavy atom. The third-order valence-corrected chi connectivity index (χ3v) is 3.87. The molecule has 2 N–H and O–H groups in total. The molecule has 0 saturated heterocycles. The molecule has 0 aliphatic rings. The molecule has 0 unspecified atom stereocenters. The lowest BCUT2D eigenvalue weighted by Gasteiger charge is -2.20. The van der Waals surface area contributed by atoms with E-state index < -0.39 is 16.8 Å².